The number of benzene rings is 1. The van der Waals surface area contributed by atoms with Gasteiger partial charge >= 0.3 is 0 Å². The number of rotatable bonds is 8. The topological polar surface area (TPSA) is 55.4 Å². The molecule has 25 heavy (non-hydrogen) atoms. The van der Waals surface area contributed by atoms with E-state index in [0.29, 0.717) is 12.5 Å². The van der Waals surface area contributed by atoms with Crippen LogP contribution < -0.4 is 9.46 Å². The van der Waals surface area contributed by atoms with Gasteiger partial charge in [-0.1, -0.05) is 32.9 Å². The molecule has 1 aromatic rings. The van der Waals surface area contributed by atoms with Crippen molar-refractivity contribution in [1.29, 1.82) is 0 Å². The zero-order valence-electron chi connectivity index (χ0n) is 16.0. The highest BCUT2D eigenvalue weighted by Crippen LogP contribution is 2.26. The summed E-state index contributed by atoms with van der Waals surface area (Å²) in [4.78, 5) is 0. The second kappa shape index (κ2) is 8.54. The van der Waals surface area contributed by atoms with Crippen LogP contribution >= 0.6 is 0 Å². The third-order valence-corrected chi connectivity index (χ3v) is 6.20. The Morgan fingerprint density at radius 1 is 1.24 bits per heavy atom. The minimum absolute atomic E-state index is 0.160. The lowest BCUT2D eigenvalue weighted by atomic mass is 9.91. The van der Waals surface area contributed by atoms with Crippen molar-refractivity contribution in [3.8, 4) is 5.75 Å². The minimum Gasteiger partial charge on any atom is -0.490 e. The average molecular weight is 368 g/mol. The third kappa shape index (κ3) is 7.37. The first kappa shape index (κ1) is 20.2. The monoisotopic (exact) mass is 367 g/mol. The van der Waals surface area contributed by atoms with Crippen molar-refractivity contribution in [2.75, 3.05) is 5.75 Å². The van der Waals surface area contributed by atoms with Crippen LogP contribution in [0.1, 0.15) is 77.8 Å². The number of ether oxygens (including phenoxy) is 1. The molecule has 1 fully saturated rings. The van der Waals surface area contributed by atoms with Crippen molar-refractivity contribution < 1.29 is 13.2 Å². The van der Waals surface area contributed by atoms with Gasteiger partial charge in [-0.15, -0.1) is 0 Å². The fraction of sp³-hybridized carbons (Fsp3) is 0.700. The van der Waals surface area contributed by atoms with Gasteiger partial charge in [0.05, 0.1) is 11.9 Å². The molecule has 1 aliphatic rings. The maximum atomic E-state index is 12.3. The van der Waals surface area contributed by atoms with E-state index in [-0.39, 0.29) is 17.2 Å². The van der Waals surface area contributed by atoms with Crippen LogP contribution in [0.4, 0.5) is 0 Å². The number of nitrogens with one attached hydrogen (secondary N) is 1. The lowest BCUT2D eigenvalue weighted by Crippen LogP contribution is -2.29. The minimum atomic E-state index is -3.28. The zero-order valence-corrected chi connectivity index (χ0v) is 16.9. The van der Waals surface area contributed by atoms with Crippen molar-refractivity contribution in [1.82, 2.24) is 4.72 Å². The Morgan fingerprint density at radius 3 is 2.56 bits per heavy atom. The summed E-state index contributed by atoms with van der Waals surface area (Å²) in [5.41, 5.74) is 1.10. The van der Waals surface area contributed by atoms with Gasteiger partial charge in [-0.05, 0) is 68.6 Å². The van der Waals surface area contributed by atoms with Crippen molar-refractivity contribution >= 4 is 10.0 Å². The Hall–Kier alpha value is -1.07. The van der Waals surface area contributed by atoms with Gasteiger partial charge in [-0.3, -0.25) is 0 Å². The fourth-order valence-electron chi connectivity index (χ4n) is 3.24. The standard InChI is InChI=1S/C20H33NO3S/c1-16(21-25(22,23)14-8-13-20(2,3)4)17-9-7-12-19(15-17)24-18-10-5-6-11-18/h7,9,12,15-16,18,21H,5-6,8,10-11,13-14H2,1-4H3/t16-/m1/s1. The van der Waals surface area contributed by atoms with Crippen LogP contribution in [0.5, 0.6) is 5.75 Å². The highest BCUT2D eigenvalue weighted by atomic mass is 32.2. The van der Waals surface area contributed by atoms with E-state index in [9.17, 15) is 8.42 Å². The van der Waals surface area contributed by atoms with Gasteiger partial charge in [0.25, 0.3) is 0 Å². The van der Waals surface area contributed by atoms with E-state index in [1.54, 1.807) is 0 Å². The molecule has 2 rings (SSSR count). The molecule has 0 saturated heterocycles. The molecule has 5 heteroatoms. The predicted octanol–water partition coefficient (Wildman–Crippen LogP) is 4.81. The molecule has 0 heterocycles. The van der Waals surface area contributed by atoms with Gasteiger partial charge in [-0.25, -0.2) is 13.1 Å². The summed E-state index contributed by atoms with van der Waals surface area (Å²) in [6.45, 7) is 8.28. The van der Waals surface area contributed by atoms with Crippen LogP contribution in [0.2, 0.25) is 0 Å². The number of hydrogen-bond donors (Lipinski definition) is 1. The van der Waals surface area contributed by atoms with Crippen molar-refractivity contribution in [2.24, 2.45) is 5.41 Å². The maximum Gasteiger partial charge on any atom is 0.212 e. The van der Waals surface area contributed by atoms with E-state index >= 15 is 0 Å². The van der Waals surface area contributed by atoms with E-state index in [1.165, 1.54) is 12.8 Å². The molecule has 0 aliphatic heterocycles. The molecular weight excluding hydrogens is 334 g/mol. The molecule has 1 saturated carbocycles. The van der Waals surface area contributed by atoms with Crippen LogP contribution in [-0.4, -0.2) is 20.3 Å². The molecule has 0 aromatic heterocycles. The highest BCUT2D eigenvalue weighted by Gasteiger charge is 2.19. The van der Waals surface area contributed by atoms with E-state index in [0.717, 1.165) is 30.6 Å². The second-order valence-electron chi connectivity index (χ2n) is 8.42. The molecule has 1 atom stereocenters. The van der Waals surface area contributed by atoms with E-state index in [4.69, 9.17) is 4.74 Å². The molecule has 142 valence electrons. The van der Waals surface area contributed by atoms with Gasteiger partial charge in [0.1, 0.15) is 5.75 Å². The van der Waals surface area contributed by atoms with Gasteiger partial charge in [-0.2, -0.15) is 0 Å². The summed E-state index contributed by atoms with van der Waals surface area (Å²) in [6, 6.07) is 7.53. The van der Waals surface area contributed by atoms with Crippen LogP contribution in [-0.2, 0) is 10.0 Å². The molecule has 0 spiro atoms. The lowest BCUT2D eigenvalue weighted by molar-refractivity contribution is 0.210. The Morgan fingerprint density at radius 2 is 1.92 bits per heavy atom. The van der Waals surface area contributed by atoms with Crippen molar-refractivity contribution in [2.45, 2.75) is 78.4 Å². The summed E-state index contributed by atoms with van der Waals surface area (Å²) in [7, 11) is -3.28. The average Bonchev–Trinajstić information content (AvgIpc) is 2.98. The summed E-state index contributed by atoms with van der Waals surface area (Å²) in [6.07, 6.45) is 6.56. The Balaban J connectivity index is 1.91. The van der Waals surface area contributed by atoms with Gasteiger partial charge < -0.3 is 4.74 Å². The molecule has 1 N–H and O–H groups in total. The zero-order chi connectivity index (χ0) is 18.5. The van der Waals surface area contributed by atoms with Crippen molar-refractivity contribution in [3.63, 3.8) is 0 Å². The summed E-state index contributed by atoms with van der Waals surface area (Å²) >= 11 is 0. The number of hydrogen-bond acceptors (Lipinski definition) is 3. The Labute approximate surface area is 153 Å². The molecule has 0 amide bonds. The SMILES string of the molecule is C[C@@H](NS(=O)(=O)CCCC(C)(C)C)c1cccc(OC2CCCC2)c1. The highest BCUT2D eigenvalue weighted by molar-refractivity contribution is 7.89. The molecule has 0 unspecified atom stereocenters. The molecule has 4 nitrogen and oxygen atoms in total. The quantitative estimate of drug-likeness (QED) is 0.717. The first-order valence-corrected chi connectivity index (χ1v) is 11.1. The smallest absolute Gasteiger partial charge is 0.212 e. The Bertz CT molecular complexity index is 643. The Kier molecular flexibility index (Phi) is 6.92. The molecule has 0 radical (unpaired) electrons. The number of sulfonamides is 1. The predicted molar refractivity (Wildman–Crippen MR) is 103 cm³/mol. The molecule has 1 aromatic carbocycles. The van der Waals surface area contributed by atoms with Gasteiger partial charge in [0, 0.05) is 6.04 Å². The van der Waals surface area contributed by atoms with Gasteiger partial charge in [0.15, 0.2) is 0 Å². The molecule has 0 bridgehead atoms. The lowest BCUT2D eigenvalue weighted by Gasteiger charge is -2.19. The van der Waals surface area contributed by atoms with E-state index < -0.39 is 10.0 Å². The maximum absolute atomic E-state index is 12.3. The van der Waals surface area contributed by atoms with E-state index in [1.807, 2.05) is 31.2 Å². The van der Waals surface area contributed by atoms with Crippen LogP contribution in [0.25, 0.3) is 0 Å². The first-order chi connectivity index (χ1) is 11.6. The van der Waals surface area contributed by atoms with Crippen LogP contribution in [0.3, 0.4) is 0 Å². The van der Waals surface area contributed by atoms with Crippen LogP contribution in [0, 0.1) is 5.41 Å². The summed E-state index contributed by atoms with van der Waals surface area (Å²) < 4.78 is 33.5. The largest absolute Gasteiger partial charge is 0.490 e. The van der Waals surface area contributed by atoms with Crippen molar-refractivity contribution in [3.05, 3.63) is 29.8 Å². The van der Waals surface area contributed by atoms with Gasteiger partial charge in [0.2, 0.25) is 10.0 Å². The van der Waals surface area contributed by atoms with E-state index in [2.05, 4.69) is 25.5 Å². The normalized spacial score (nSPS) is 17.6. The fourth-order valence-corrected chi connectivity index (χ4v) is 4.56. The first-order valence-electron chi connectivity index (χ1n) is 9.41. The molecular formula is C20H33NO3S. The molecule has 1 aliphatic carbocycles. The van der Waals surface area contributed by atoms with Crippen LogP contribution in [0.15, 0.2) is 24.3 Å². The summed E-state index contributed by atoms with van der Waals surface area (Å²) in [5.74, 6) is 1.01. The summed E-state index contributed by atoms with van der Waals surface area (Å²) in [5, 5.41) is 0. The second-order valence-corrected chi connectivity index (χ2v) is 10.3. The third-order valence-electron chi connectivity index (χ3n) is 4.66.